The van der Waals surface area contributed by atoms with Crippen molar-refractivity contribution in [1.82, 2.24) is 10.2 Å². The van der Waals surface area contributed by atoms with Crippen molar-refractivity contribution in [3.8, 4) is 5.75 Å². The van der Waals surface area contributed by atoms with Gasteiger partial charge < -0.3 is 15.0 Å². The molecule has 0 radical (unpaired) electrons. The predicted molar refractivity (Wildman–Crippen MR) is 145 cm³/mol. The van der Waals surface area contributed by atoms with E-state index in [9.17, 15) is 18.4 Å². The highest BCUT2D eigenvalue weighted by molar-refractivity contribution is 6.46. The predicted octanol–water partition coefficient (Wildman–Crippen LogP) is 5.21. The lowest BCUT2D eigenvalue weighted by Crippen LogP contribution is -2.50. The van der Waals surface area contributed by atoms with Crippen molar-refractivity contribution < 1.29 is 23.1 Å². The molecule has 2 aliphatic carbocycles. The minimum atomic E-state index is -0.885. The molecule has 1 spiro atoms. The summed E-state index contributed by atoms with van der Waals surface area (Å²) in [6.45, 7) is -0.0416. The Bertz CT molecular complexity index is 1360. The molecule has 3 aliphatic rings. The quantitative estimate of drug-likeness (QED) is 0.267. The van der Waals surface area contributed by atoms with Crippen LogP contribution >= 0.6 is 0 Å². The summed E-state index contributed by atoms with van der Waals surface area (Å²) in [4.78, 5) is 33.5. The first-order valence-electron chi connectivity index (χ1n) is 13.5. The van der Waals surface area contributed by atoms with Gasteiger partial charge in [-0.25, -0.2) is 8.78 Å². The molecule has 40 heavy (non-hydrogen) atoms. The van der Waals surface area contributed by atoms with Crippen molar-refractivity contribution in [1.29, 1.82) is 5.41 Å². The van der Waals surface area contributed by atoms with Gasteiger partial charge in [-0.3, -0.25) is 20.0 Å². The van der Waals surface area contributed by atoms with Gasteiger partial charge in [-0.2, -0.15) is 5.11 Å². The molecule has 0 bridgehead atoms. The van der Waals surface area contributed by atoms with Crippen molar-refractivity contribution in [2.24, 2.45) is 21.1 Å². The highest BCUT2D eigenvalue weighted by atomic mass is 19.1. The monoisotopic (exact) mass is 550 g/mol. The molecule has 2 N–H and O–H groups in total. The lowest BCUT2D eigenvalue weighted by molar-refractivity contribution is -0.133. The molecule has 1 atom stereocenters. The van der Waals surface area contributed by atoms with Gasteiger partial charge in [0.25, 0.3) is 11.8 Å². The zero-order chi connectivity index (χ0) is 28.4. The van der Waals surface area contributed by atoms with Crippen LogP contribution in [0.25, 0.3) is 0 Å². The number of carbonyl (C=O) groups excluding carboxylic acids is 2. The lowest BCUT2D eigenvalue weighted by Gasteiger charge is -2.44. The van der Waals surface area contributed by atoms with Crippen LogP contribution in [0, 0.1) is 23.0 Å². The van der Waals surface area contributed by atoms with E-state index in [1.54, 1.807) is 12.1 Å². The highest BCUT2D eigenvalue weighted by Crippen LogP contribution is 2.52. The van der Waals surface area contributed by atoms with Crippen LogP contribution in [0.2, 0.25) is 0 Å². The number of ether oxygens (including phenoxy) is 1. The summed E-state index contributed by atoms with van der Waals surface area (Å²) in [5.41, 5.74) is 0.683. The number of amides is 2. The fourth-order valence-electron chi connectivity index (χ4n) is 5.85. The Morgan fingerprint density at radius 1 is 1.18 bits per heavy atom. The summed E-state index contributed by atoms with van der Waals surface area (Å²) in [7, 11) is 2.65. The minimum absolute atomic E-state index is 0.0416. The number of nitrogens with zero attached hydrogens (tertiary/aromatic N) is 4. The average Bonchev–Trinajstić information content (AvgIpc) is 3.75. The Morgan fingerprint density at radius 3 is 2.40 bits per heavy atom. The third-order valence-corrected chi connectivity index (χ3v) is 7.82. The number of carbonyl (C=O) groups is 2. The minimum Gasteiger partial charge on any atom is -0.491 e. The summed E-state index contributed by atoms with van der Waals surface area (Å²) in [5.74, 6) is -2.78. The van der Waals surface area contributed by atoms with E-state index >= 15 is 0 Å². The largest absolute Gasteiger partial charge is 0.491 e. The van der Waals surface area contributed by atoms with Crippen LogP contribution in [0.3, 0.4) is 0 Å². The van der Waals surface area contributed by atoms with Gasteiger partial charge in [0, 0.05) is 18.2 Å². The third kappa shape index (κ3) is 5.24. The molecule has 0 unspecified atom stereocenters. The van der Waals surface area contributed by atoms with Crippen molar-refractivity contribution in [2.75, 3.05) is 20.7 Å². The number of hydrogen-bond acceptors (Lipinski definition) is 6. The maximum Gasteiger partial charge on any atom is 0.275 e. The first-order valence-corrected chi connectivity index (χ1v) is 13.5. The number of hydrogen-bond donors (Lipinski definition) is 2. The SMILES string of the molecule is CN=NC(=N)CNC(=O)c1ccc([C@@H](C2CC2)N2C(=O)C(c3cc(F)c(OC)c(F)c3)=NC23CCCCC3)cc1. The van der Waals surface area contributed by atoms with Gasteiger partial charge in [-0.15, -0.1) is 5.11 Å². The molecular formula is C29H32F2N6O3. The van der Waals surface area contributed by atoms with Crippen molar-refractivity contribution in [3.05, 3.63) is 64.7 Å². The van der Waals surface area contributed by atoms with Crippen molar-refractivity contribution in [2.45, 2.75) is 56.7 Å². The Kier molecular flexibility index (Phi) is 7.73. The fourth-order valence-corrected chi connectivity index (χ4v) is 5.85. The number of azo groups is 1. The number of aliphatic imine (C=N–C) groups is 1. The maximum absolute atomic E-state index is 14.6. The smallest absolute Gasteiger partial charge is 0.275 e. The van der Waals surface area contributed by atoms with E-state index in [0.29, 0.717) is 18.4 Å². The molecule has 5 rings (SSSR count). The highest BCUT2D eigenvalue weighted by Gasteiger charge is 2.54. The number of nitrogens with one attached hydrogen (secondary N) is 2. The number of benzene rings is 2. The van der Waals surface area contributed by atoms with Crippen LogP contribution in [0.5, 0.6) is 5.75 Å². The zero-order valence-corrected chi connectivity index (χ0v) is 22.5. The topological polar surface area (TPSA) is 120 Å². The molecule has 0 aromatic heterocycles. The standard InChI is InChI=1S/C29H32F2N6O3/c1-33-36-23(32)16-34-27(38)19-10-8-18(9-11-19)25(17-6-7-17)37-28(39)24(35-29(37)12-4-3-5-13-29)20-14-21(30)26(40-2)22(31)15-20/h8-11,14-15,17,25,32H,3-7,12-13,16H2,1-2H3,(H,34,38)/t25-/m1/s1. The second kappa shape index (κ2) is 11.2. The van der Waals surface area contributed by atoms with Gasteiger partial charge in [0.2, 0.25) is 0 Å². The molecule has 11 heteroatoms. The molecule has 2 aromatic carbocycles. The van der Waals surface area contributed by atoms with Gasteiger partial charge in [-0.1, -0.05) is 18.6 Å². The molecule has 2 saturated carbocycles. The van der Waals surface area contributed by atoms with Gasteiger partial charge in [0.1, 0.15) is 11.4 Å². The van der Waals surface area contributed by atoms with Crippen molar-refractivity contribution in [3.63, 3.8) is 0 Å². The number of methoxy groups -OCH3 is 1. The Labute approximate surface area is 231 Å². The van der Waals surface area contributed by atoms with E-state index in [0.717, 1.165) is 49.8 Å². The molecule has 210 valence electrons. The summed E-state index contributed by atoms with van der Waals surface area (Å²) >= 11 is 0. The van der Waals surface area contributed by atoms with Crippen LogP contribution in [0.1, 0.15) is 72.5 Å². The average molecular weight is 551 g/mol. The summed E-state index contributed by atoms with van der Waals surface area (Å²) in [6.07, 6.45) is 6.08. The Morgan fingerprint density at radius 2 is 1.82 bits per heavy atom. The third-order valence-electron chi connectivity index (χ3n) is 7.82. The maximum atomic E-state index is 14.6. The molecule has 1 aliphatic heterocycles. The second-order valence-electron chi connectivity index (χ2n) is 10.5. The fraction of sp³-hybridized carbons (Fsp3) is 0.448. The van der Waals surface area contributed by atoms with Crippen molar-refractivity contribution >= 4 is 23.4 Å². The molecule has 2 aromatic rings. The molecule has 1 heterocycles. The van der Waals surface area contributed by atoms with E-state index in [4.69, 9.17) is 15.1 Å². The van der Waals surface area contributed by atoms with Gasteiger partial charge in [-0.05, 0) is 74.3 Å². The molecule has 0 saturated heterocycles. The zero-order valence-electron chi connectivity index (χ0n) is 22.5. The summed E-state index contributed by atoms with van der Waals surface area (Å²) in [6, 6.07) is 9.05. The summed E-state index contributed by atoms with van der Waals surface area (Å²) in [5, 5.41) is 17.4. The number of halogens is 2. The molecular weight excluding hydrogens is 518 g/mol. The number of rotatable bonds is 8. The van der Waals surface area contributed by atoms with E-state index < -0.39 is 23.0 Å². The molecule has 2 fully saturated rings. The normalized spacial score (nSPS) is 19.1. The number of amidine groups is 1. The Hall–Kier alpha value is -4.02. The van der Waals surface area contributed by atoms with Gasteiger partial charge in [0.15, 0.2) is 23.2 Å². The van der Waals surface area contributed by atoms with Crippen LogP contribution in [0.4, 0.5) is 8.78 Å². The van der Waals surface area contributed by atoms with E-state index in [-0.39, 0.29) is 47.4 Å². The second-order valence-corrected chi connectivity index (χ2v) is 10.5. The first-order chi connectivity index (χ1) is 19.3. The van der Waals surface area contributed by atoms with Gasteiger partial charge >= 0.3 is 0 Å². The van der Waals surface area contributed by atoms with E-state index in [2.05, 4.69) is 15.5 Å². The molecule has 2 amide bonds. The van der Waals surface area contributed by atoms with Crippen LogP contribution < -0.4 is 10.1 Å². The van der Waals surface area contributed by atoms with E-state index in [1.165, 1.54) is 14.2 Å². The van der Waals surface area contributed by atoms with Crippen LogP contribution in [0.15, 0.2) is 51.6 Å². The van der Waals surface area contributed by atoms with Gasteiger partial charge in [0.05, 0.1) is 19.7 Å². The lowest BCUT2D eigenvalue weighted by atomic mass is 9.86. The van der Waals surface area contributed by atoms with E-state index in [1.807, 2.05) is 17.0 Å². The van der Waals surface area contributed by atoms with Crippen LogP contribution in [-0.2, 0) is 4.79 Å². The van der Waals surface area contributed by atoms with Crippen LogP contribution in [-0.4, -0.2) is 54.6 Å². The summed E-state index contributed by atoms with van der Waals surface area (Å²) < 4.78 is 34.1. The first kappa shape index (κ1) is 27.5. The Balaban J connectivity index is 1.46. The molecule has 9 nitrogen and oxygen atoms in total.